The lowest BCUT2D eigenvalue weighted by molar-refractivity contribution is -0.137. The number of halogens is 1. The van der Waals surface area contributed by atoms with E-state index >= 15 is 0 Å². The highest BCUT2D eigenvalue weighted by molar-refractivity contribution is 7.09. The first kappa shape index (κ1) is 32.1. The first-order valence-corrected chi connectivity index (χ1v) is 17.0. The van der Waals surface area contributed by atoms with E-state index in [9.17, 15) is 4.79 Å². The standard InChI is InChI=1S/C31H47ClN8O2S/c1-6-7-26-34-24(21-43-26)20-40-28-25(18-33-40)27(35-30(32)36-28)37-14-10-23(11-15-37)29(41)38-12-8-22(9-13-38)19-39(16-17-42-5)31(2,3)4/h18,21-23H,6-17,19-20H2,1-5H3. The summed E-state index contributed by atoms with van der Waals surface area (Å²) < 4.78 is 7.20. The van der Waals surface area contributed by atoms with E-state index in [1.807, 2.05) is 10.9 Å². The van der Waals surface area contributed by atoms with Crippen molar-refractivity contribution >= 4 is 45.7 Å². The Morgan fingerprint density at radius 1 is 1.12 bits per heavy atom. The molecule has 12 heteroatoms. The highest BCUT2D eigenvalue weighted by Gasteiger charge is 2.33. The summed E-state index contributed by atoms with van der Waals surface area (Å²) in [5.74, 6) is 1.78. The number of amides is 1. The zero-order valence-electron chi connectivity index (χ0n) is 26.4. The maximum absolute atomic E-state index is 13.5. The summed E-state index contributed by atoms with van der Waals surface area (Å²) >= 11 is 8.11. The minimum atomic E-state index is 0.0538. The van der Waals surface area contributed by atoms with Gasteiger partial charge in [0.15, 0.2) is 5.65 Å². The number of anilines is 1. The zero-order valence-corrected chi connectivity index (χ0v) is 28.0. The van der Waals surface area contributed by atoms with Gasteiger partial charge in [-0.15, -0.1) is 11.3 Å². The van der Waals surface area contributed by atoms with Crippen molar-refractivity contribution in [3.63, 3.8) is 0 Å². The van der Waals surface area contributed by atoms with Crippen molar-refractivity contribution < 1.29 is 9.53 Å². The molecule has 2 fully saturated rings. The van der Waals surface area contributed by atoms with Gasteiger partial charge >= 0.3 is 0 Å². The van der Waals surface area contributed by atoms with Gasteiger partial charge < -0.3 is 14.5 Å². The molecular weight excluding hydrogens is 584 g/mol. The van der Waals surface area contributed by atoms with Crippen LogP contribution >= 0.6 is 22.9 Å². The van der Waals surface area contributed by atoms with Gasteiger partial charge in [-0.3, -0.25) is 9.69 Å². The predicted octanol–water partition coefficient (Wildman–Crippen LogP) is 5.14. The van der Waals surface area contributed by atoms with Gasteiger partial charge in [0.25, 0.3) is 0 Å². The summed E-state index contributed by atoms with van der Waals surface area (Å²) in [7, 11) is 1.76. The Labute approximate surface area is 264 Å². The van der Waals surface area contributed by atoms with E-state index in [0.717, 1.165) is 106 Å². The predicted molar refractivity (Wildman–Crippen MR) is 173 cm³/mol. The highest BCUT2D eigenvalue weighted by Crippen LogP contribution is 2.31. The van der Waals surface area contributed by atoms with Crippen LogP contribution in [-0.2, 0) is 22.5 Å². The number of rotatable bonds is 11. The molecule has 0 bridgehead atoms. The topological polar surface area (TPSA) is 92.5 Å². The van der Waals surface area contributed by atoms with Crippen LogP contribution in [0.2, 0.25) is 5.28 Å². The monoisotopic (exact) mass is 630 g/mol. The molecule has 0 spiro atoms. The average molecular weight is 631 g/mol. The van der Waals surface area contributed by atoms with E-state index in [1.165, 1.54) is 0 Å². The highest BCUT2D eigenvalue weighted by atomic mass is 35.5. The number of hydrogen-bond donors (Lipinski definition) is 0. The molecule has 2 aliphatic rings. The van der Waals surface area contributed by atoms with Crippen LogP contribution in [0.4, 0.5) is 5.82 Å². The zero-order chi connectivity index (χ0) is 30.6. The number of ether oxygens (including phenoxy) is 1. The molecule has 5 rings (SSSR count). The minimum absolute atomic E-state index is 0.0538. The molecule has 5 heterocycles. The molecule has 0 unspecified atom stereocenters. The lowest BCUT2D eigenvalue weighted by Gasteiger charge is -2.41. The van der Waals surface area contributed by atoms with Crippen LogP contribution in [0.5, 0.6) is 0 Å². The van der Waals surface area contributed by atoms with Crippen molar-refractivity contribution in [2.75, 3.05) is 57.9 Å². The number of piperidine rings is 2. The van der Waals surface area contributed by atoms with Gasteiger partial charge in [0.1, 0.15) is 5.82 Å². The number of fused-ring (bicyclic) bond motifs is 1. The number of hydrogen-bond acceptors (Lipinski definition) is 9. The summed E-state index contributed by atoms with van der Waals surface area (Å²) in [6, 6.07) is 0. The average Bonchev–Trinajstić information content (AvgIpc) is 3.61. The molecule has 2 aliphatic heterocycles. The third-order valence-electron chi connectivity index (χ3n) is 8.89. The van der Waals surface area contributed by atoms with Gasteiger partial charge in [-0.2, -0.15) is 15.1 Å². The lowest BCUT2D eigenvalue weighted by Crippen LogP contribution is -2.49. The van der Waals surface area contributed by atoms with Crippen molar-refractivity contribution in [2.24, 2.45) is 11.8 Å². The second kappa shape index (κ2) is 14.2. The van der Waals surface area contributed by atoms with Gasteiger partial charge in [-0.1, -0.05) is 6.92 Å². The molecular formula is C31H47ClN8O2S. The number of aryl methyl sites for hydroxylation is 1. The maximum Gasteiger partial charge on any atom is 0.226 e. The molecule has 0 aromatic carbocycles. The largest absolute Gasteiger partial charge is 0.383 e. The molecule has 2 saturated heterocycles. The van der Waals surface area contributed by atoms with Gasteiger partial charge in [0.2, 0.25) is 11.2 Å². The second-order valence-electron chi connectivity index (χ2n) is 13.0. The number of methoxy groups -OCH3 is 1. The Kier molecular flexibility index (Phi) is 10.6. The fraction of sp³-hybridized carbons (Fsp3) is 0.710. The molecule has 236 valence electrons. The van der Waals surface area contributed by atoms with Crippen LogP contribution in [0, 0.1) is 11.8 Å². The smallest absolute Gasteiger partial charge is 0.226 e. The van der Waals surface area contributed by atoms with Crippen LogP contribution in [0.15, 0.2) is 11.6 Å². The number of aromatic nitrogens is 5. The van der Waals surface area contributed by atoms with E-state index in [-0.39, 0.29) is 16.7 Å². The summed E-state index contributed by atoms with van der Waals surface area (Å²) in [5.41, 5.74) is 1.81. The number of carbonyl (C=O) groups is 1. The normalized spacial score (nSPS) is 17.5. The Balaban J connectivity index is 1.16. The molecule has 3 aromatic rings. The second-order valence-corrected chi connectivity index (χ2v) is 14.3. The Morgan fingerprint density at radius 3 is 2.53 bits per heavy atom. The Morgan fingerprint density at radius 2 is 1.86 bits per heavy atom. The van der Waals surface area contributed by atoms with E-state index < -0.39 is 0 Å². The van der Waals surface area contributed by atoms with Crippen molar-refractivity contribution in [3.05, 3.63) is 27.6 Å². The Bertz CT molecular complexity index is 1360. The van der Waals surface area contributed by atoms with Gasteiger partial charge in [0.05, 0.1) is 35.4 Å². The van der Waals surface area contributed by atoms with Crippen LogP contribution in [-0.4, -0.2) is 99.0 Å². The van der Waals surface area contributed by atoms with Crippen LogP contribution in [0.3, 0.4) is 0 Å². The third-order valence-corrected chi connectivity index (χ3v) is 10.0. The quantitative estimate of drug-likeness (QED) is 0.269. The molecule has 0 aliphatic carbocycles. The maximum atomic E-state index is 13.5. The van der Waals surface area contributed by atoms with Gasteiger partial charge in [-0.25, -0.2) is 9.67 Å². The minimum Gasteiger partial charge on any atom is -0.383 e. The van der Waals surface area contributed by atoms with Crippen molar-refractivity contribution in [2.45, 2.75) is 78.3 Å². The fourth-order valence-electron chi connectivity index (χ4n) is 6.32. The summed E-state index contributed by atoms with van der Waals surface area (Å²) in [4.78, 5) is 34.3. The molecule has 1 amide bonds. The molecule has 0 radical (unpaired) electrons. The van der Waals surface area contributed by atoms with Crippen molar-refractivity contribution in [1.29, 1.82) is 0 Å². The summed E-state index contributed by atoms with van der Waals surface area (Å²) in [6.45, 7) is 15.5. The SMILES string of the molecule is CCCc1nc(Cn2ncc3c(N4CCC(C(=O)N5CCC(CN(CCOC)C(C)(C)C)CC5)CC4)nc(Cl)nc32)cs1. The lowest BCUT2D eigenvalue weighted by atomic mass is 9.91. The van der Waals surface area contributed by atoms with Crippen LogP contribution in [0.25, 0.3) is 11.0 Å². The number of nitrogens with zero attached hydrogens (tertiary/aromatic N) is 8. The summed E-state index contributed by atoms with van der Waals surface area (Å²) in [5, 5.41) is 8.96. The number of likely N-dealkylation sites (tertiary alicyclic amines) is 1. The van der Waals surface area contributed by atoms with Crippen molar-refractivity contribution in [1.82, 2.24) is 34.5 Å². The molecule has 3 aromatic heterocycles. The van der Waals surface area contributed by atoms with Crippen LogP contribution in [0.1, 0.15) is 70.5 Å². The molecule has 43 heavy (non-hydrogen) atoms. The van der Waals surface area contributed by atoms with E-state index in [2.05, 4.69) is 62.8 Å². The van der Waals surface area contributed by atoms with Gasteiger partial charge in [0, 0.05) is 63.2 Å². The van der Waals surface area contributed by atoms with E-state index in [4.69, 9.17) is 21.3 Å². The first-order chi connectivity index (χ1) is 20.7. The van der Waals surface area contributed by atoms with Crippen molar-refractivity contribution in [3.8, 4) is 0 Å². The number of thiazole rings is 1. The fourth-order valence-corrected chi connectivity index (χ4v) is 7.37. The first-order valence-electron chi connectivity index (χ1n) is 15.8. The van der Waals surface area contributed by atoms with Gasteiger partial charge in [-0.05, 0) is 76.8 Å². The van der Waals surface area contributed by atoms with E-state index in [0.29, 0.717) is 24.0 Å². The Hall–Kier alpha value is -2.34. The third kappa shape index (κ3) is 7.85. The molecule has 0 N–H and O–H groups in total. The van der Waals surface area contributed by atoms with Crippen LogP contribution < -0.4 is 4.90 Å². The van der Waals surface area contributed by atoms with E-state index in [1.54, 1.807) is 18.4 Å². The summed E-state index contributed by atoms with van der Waals surface area (Å²) in [6.07, 6.45) is 7.64. The molecule has 0 saturated carbocycles. The molecule has 0 atom stereocenters. The molecule has 10 nitrogen and oxygen atoms in total. The number of carbonyl (C=O) groups excluding carboxylic acids is 1.